The molecular formula is C20H21ClN2O2. The van der Waals surface area contributed by atoms with E-state index in [-0.39, 0.29) is 5.91 Å². The van der Waals surface area contributed by atoms with E-state index >= 15 is 0 Å². The standard InChI is InChI=1S/C20H21ClN2O2/c21-17-7-5-16(6-8-17)14-25-19-4-2-1-3-18(19)20(24)23-13-15-9-11-22-12-10-15/h1-9,22H,10-14H2,(H,23,24). The molecule has 1 aliphatic rings. The summed E-state index contributed by atoms with van der Waals surface area (Å²) in [6, 6.07) is 14.8. The molecule has 0 unspecified atom stereocenters. The summed E-state index contributed by atoms with van der Waals surface area (Å²) in [4.78, 5) is 12.5. The molecule has 0 spiro atoms. The molecule has 25 heavy (non-hydrogen) atoms. The van der Waals surface area contributed by atoms with E-state index in [0.717, 1.165) is 25.1 Å². The predicted octanol–water partition coefficient (Wildman–Crippen LogP) is 3.57. The molecule has 0 fully saturated rings. The van der Waals surface area contributed by atoms with Gasteiger partial charge in [0, 0.05) is 18.1 Å². The summed E-state index contributed by atoms with van der Waals surface area (Å²) in [5, 5.41) is 6.93. The van der Waals surface area contributed by atoms with Crippen LogP contribution in [0.2, 0.25) is 5.02 Å². The number of rotatable bonds is 6. The van der Waals surface area contributed by atoms with Crippen LogP contribution in [0.5, 0.6) is 5.75 Å². The van der Waals surface area contributed by atoms with Crippen molar-refractivity contribution in [3.63, 3.8) is 0 Å². The first-order valence-electron chi connectivity index (χ1n) is 8.35. The van der Waals surface area contributed by atoms with E-state index in [2.05, 4.69) is 16.7 Å². The van der Waals surface area contributed by atoms with Gasteiger partial charge in [0.05, 0.1) is 5.56 Å². The van der Waals surface area contributed by atoms with Crippen molar-refractivity contribution in [2.24, 2.45) is 0 Å². The molecule has 130 valence electrons. The van der Waals surface area contributed by atoms with Crippen LogP contribution >= 0.6 is 11.6 Å². The van der Waals surface area contributed by atoms with Crippen molar-refractivity contribution < 1.29 is 9.53 Å². The second kappa shape index (κ2) is 8.70. The van der Waals surface area contributed by atoms with Gasteiger partial charge in [-0.25, -0.2) is 0 Å². The molecule has 2 N–H and O–H groups in total. The van der Waals surface area contributed by atoms with E-state index in [4.69, 9.17) is 16.3 Å². The maximum atomic E-state index is 12.5. The monoisotopic (exact) mass is 356 g/mol. The first-order valence-corrected chi connectivity index (χ1v) is 8.73. The van der Waals surface area contributed by atoms with Crippen LogP contribution in [0.25, 0.3) is 0 Å². The number of ether oxygens (including phenoxy) is 1. The van der Waals surface area contributed by atoms with Crippen molar-refractivity contribution in [2.75, 3.05) is 19.6 Å². The molecule has 1 amide bonds. The minimum atomic E-state index is -0.119. The normalized spacial score (nSPS) is 13.9. The highest BCUT2D eigenvalue weighted by Crippen LogP contribution is 2.20. The lowest BCUT2D eigenvalue weighted by Gasteiger charge is -2.15. The molecule has 3 rings (SSSR count). The molecule has 1 aliphatic heterocycles. The number of para-hydroxylation sites is 1. The van der Waals surface area contributed by atoms with Crippen molar-refractivity contribution in [3.8, 4) is 5.75 Å². The number of hydrogen-bond acceptors (Lipinski definition) is 3. The maximum Gasteiger partial charge on any atom is 0.255 e. The summed E-state index contributed by atoms with van der Waals surface area (Å²) in [6.45, 7) is 2.79. The third-order valence-electron chi connectivity index (χ3n) is 4.07. The molecule has 2 aromatic rings. The van der Waals surface area contributed by atoms with Crippen LogP contribution in [0.3, 0.4) is 0 Å². The molecule has 0 saturated heterocycles. The van der Waals surface area contributed by atoms with Crippen molar-refractivity contribution in [3.05, 3.63) is 76.3 Å². The van der Waals surface area contributed by atoms with Gasteiger partial charge in [0.2, 0.25) is 0 Å². The quantitative estimate of drug-likeness (QED) is 0.778. The van der Waals surface area contributed by atoms with E-state index in [9.17, 15) is 4.79 Å². The van der Waals surface area contributed by atoms with Crippen LogP contribution < -0.4 is 15.4 Å². The Labute approximate surface area is 152 Å². The number of amides is 1. The van der Waals surface area contributed by atoms with E-state index in [1.165, 1.54) is 5.57 Å². The van der Waals surface area contributed by atoms with Crippen LogP contribution in [0.1, 0.15) is 22.3 Å². The molecule has 0 atom stereocenters. The summed E-state index contributed by atoms with van der Waals surface area (Å²) in [6.07, 6.45) is 3.10. The Kier molecular flexibility index (Phi) is 6.09. The fourth-order valence-corrected chi connectivity index (χ4v) is 2.77. The fraction of sp³-hybridized carbons (Fsp3) is 0.250. The highest BCUT2D eigenvalue weighted by Gasteiger charge is 2.13. The molecule has 4 nitrogen and oxygen atoms in total. The van der Waals surface area contributed by atoms with Gasteiger partial charge in [-0.3, -0.25) is 4.79 Å². The zero-order valence-electron chi connectivity index (χ0n) is 13.9. The molecule has 1 heterocycles. The molecule has 0 aromatic heterocycles. The summed E-state index contributed by atoms with van der Waals surface area (Å²) in [5.41, 5.74) is 2.80. The lowest BCUT2D eigenvalue weighted by Crippen LogP contribution is -2.29. The van der Waals surface area contributed by atoms with Crippen LogP contribution in [0, 0.1) is 0 Å². The van der Waals surface area contributed by atoms with Gasteiger partial charge < -0.3 is 15.4 Å². The minimum absolute atomic E-state index is 0.119. The minimum Gasteiger partial charge on any atom is -0.488 e. The lowest BCUT2D eigenvalue weighted by atomic mass is 10.1. The van der Waals surface area contributed by atoms with Gasteiger partial charge in [0.1, 0.15) is 12.4 Å². The van der Waals surface area contributed by atoms with Crippen LogP contribution in [0.4, 0.5) is 0 Å². The van der Waals surface area contributed by atoms with Gasteiger partial charge in [-0.15, -0.1) is 0 Å². The number of benzene rings is 2. The third-order valence-corrected chi connectivity index (χ3v) is 4.33. The zero-order chi connectivity index (χ0) is 17.5. The molecule has 0 saturated carbocycles. The average molecular weight is 357 g/mol. The largest absolute Gasteiger partial charge is 0.488 e. The summed E-state index contributed by atoms with van der Waals surface area (Å²) < 4.78 is 5.85. The van der Waals surface area contributed by atoms with Gasteiger partial charge in [0.25, 0.3) is 5.91 Å². The van der Waals surface area contributed by atoms with Gasteiger partial charge in [0.15, 0.2) is 0 Å². The molecule has 2 aromatic carbocycles. The van der Waals surface area contributed by atoms with Gasteiger partial charge in [-0.05, 0) is 42.8 Å². The number of halogens is 1. The van der Waals surface area contributed by atoms with Crippen molar-refractivity contribution in [1.29, 1.82) is 0 Å². The Morgan fingerprint density at radius 3 is 2.72 bits per heavy atom. The highest BCUT2D eigenvalue weighted by atomic mass is 35.5. The maximum absolute atomic E-state index is 12.5. The zero-order valence-corrected chi connectivity index (χ0v) is 14.7. The van der Waals surface area contributed by atoms with Crippen LogP contribution in [-0.4, -0.2) is 25.5 Å². The third kappa shape index (κ3) is 5.08. The van der Waals surface area contributed by atoms with Crippen LogP contribution in [0.15, 0.2) is 60.2 Å². The average Bonchev–Trinajstić information content (AvgIpc) is 2.67. The van der Waals surface area contributed by atoms with Crippen LogP contribution in [-0.2, 0) is 6.61 Å². The summed E-state index contributed by atoms with van der Waals surface area (Å²) in [5.74, 6) is 0.459. The summed E-state index contributed by atoms with van der Waals surface area (Å²) >= 11 is 5.89. The Hall–Kier alpha value is -2.30. The predicted molar refractivity (Wildman–Crippen MR) is 100 cm³/mol. The molecular weight excluding hydrogens is 336 g/mol. The Bertz CT molecular complexity index is 757. The molecule has 0 bridgehead atoms. The summed E-state index contributed by atoms with van der Waals surface area (Å²) in [7, 11) is 0. The molecule has 5 heteroatoms. The lowest BCUT2D eigenvalue weighted by molar-refractivity contribution is 0.0952. The second-order valence-electron chi connectivity index (χ2n) is 5.91. The van der Waals surface area contributed by atoms with Gasteiger partial charge >= 0.3 is 0 Å². The molecule has 0 radical (unpaired) electrons. The fourth-order valence-electron chi connectivity index (χ4n) is 2.64. The molecule has 0 aliphatic carbocycles. The van der Waals surface area contributed by atoms with Crippen molar-refractivity contribution >= 4 is 17.5 Å². The van der Waals surface area contributed by atoms with Crippen molar-refractivity contribution in [1.82, 2.24) is 10.6 Å². The Morgan fingerprint density at radius 2 is 1.96 bits per heavy atom. The van der Waals surface area contributed by atoms with E-state index in [0.29, 0.717) is 29.5 Å². The highest BCUT2D eigenvalue weighted by molar-refractivity contribution is 6.30. The SMILES string of the molecule is O=C(NCC1=CCNCC1)c1ccccc1OCc1ccc(Cl)cc1. The van der Waals surface area contributed by atoms with Crippen molar-refractivity contribution in [2.45, 2.75) is 13.0 Å². The number of carbonyl (C=O) groups excluding carboxylic acids is 1. The van der Waals surface area contributed by atoms with Gasteiger partial charge in [-0.1, -0.05) is 47.5 Å². The van der Waals surface area contributed by atoms with E-state index < -0.39 is 0 Å². The Balaban J connectivity index is 1.62. The first-order chi connectivity index (χ1) is 12.2. The Morgan fingerprint density at radius 1 is 1.16 bits per heavy atom. The first kappa shape index (κ1) is 17.5. The number of nitrogens with one attached hydrogen (secondary N) is 2. The van der Waals surface area contributed by atoms with E-state index in [1.807, 2.05) is 42.5 Å². The smallest absolute Gasteiger partial charge is 0.255 e. The van der Waals surface area contributed by atoms with Gasteiger partial charge in [-0.2, -0.15) is 0 Å². The topological polar surface area (TPSA) is 50.4 Å². The number of carbonyl (C=O) groups is 1. The number of hydrogen-bond donors (Lipinski definition) is 2. The van der Waals surface area contributed by atoms with E-state index in [1.54, 1.807) is 6.07 Å². The second-order valence-corrected chi connectivity index (χ2v) is 6.35.